The molecule has 0 aliphatic rings. The molecule has 0 fully saturated rings. The third-order valence-corrected chi connectivity index (χ3v) is 5.55. The Bertz CT molecular complexity index is 1450. The zero-order valence-corrected chi connectivity index (χ0v) is 18.5. The van der Waals surface area contributed by atoms with Crippen LogP contribution in [0.15, 0.2) is 91.0 Å². The number of benzene rings is 3. The molecule has 0 spiro atoms. The summed E-state index contributed by atoms with van der Waals surface area (Å²) >= 11 is 0. The Balaban J connectivity index is 0.000000868. The fourth-order valence-corrected chi connectivity index (χ4v) is 3.73. The lowest BCUT2D eigenvalue weighted by Crippen LogP contribution is -2.00. The van der Waals surface area contributed by atoms with E-state index in [2.05, 4.69) is 41.4 Å². The molecule has 0 saturated heterocycles. The Hall–Kier alpha value is -4.67. The first-order valence-corrected chi connectivity index (χ1v) is 10.8. The fourth-order valence-electron chi connectivity index (χ4n) is 3.73. The average molecular weight is 447 g/mol. The molecule has 6 heteroatoms. The molecule has 2 aromatic heterocycles. The minimum atomic E-state index is 0.0154. The van der Waals surface area contributed by atoms with Gasteiger partial charge in [-0.15, -0.1) is 0 Å². The maximum atomic E-state index is 12.6. The predicted molar refractivity (Wildman–Crippen MR) is 129 cm³/mol. The van der Waals surface area contributed by atoms with Gasteiger partial charge in [0.15, 0.2) is 11.4 Å². The van der Waals surface area contributed by atoms with Gasteiger partial charge in [-0.1, -0.05) is 85.8 Å². The van der Waals surface area contributed by atoms with Crippen molar-refractivity contribution in [3.05, 3.63) is 108 Å². The Labute approximate surface area is 196 Å². The summed E-state index contributed by atoms with van der Waals surface area (Å²) in [5.74, 6) is 0.0154. The van der Waals surface area contributed by atoms with Crippen LogP contribution < -0.4 is 0 Å². The fraction of sp³-hybridized carbons (Fsp3) is 0.0714. The van der Waals surface area contributed by atoms with Crippen molar-refractivity contribution in [3.8, 4) is 22.5 Å². The van der Waals surface area contributed by atoms with Crippen LogP contribution in [0.1, 0.15) is 28.4 Å². The van der Waals surface area contributed by atoms with Crippen molar-refractivity contribution in [2.45, 2.75) is 13.3 Å². The standard InChI is InChI=1S/C27H21N3O.CO2/c1-2-18-8-10-20(11-9-18)25-23-16-17-24(28-27(23)30-29-25)19-12-14-22(15-13-19)26(31)21-6-4-3-5-7-21;2-1-3/h3-17H,2H2,1H3,(H,28,29,30);. The summed E-state index contributed by atoms with van der Waals surface area (Å²) in [5.41, 5.74) is 7.17. The second kappa shape index (κ2) is 10.3. The highest BCUT2D eigenvalue weighted by Gasteiger charge is 2.12. The zero-order chi connectivity index (χ0) is 23.9. The average Bonchev–Trinajstić information content (AvgIpc) is 3.33. The van der Waals surface area contributed by atoms with Crippen LogP contribution in [-0.2, 0) is 16.0 Å². The number of aromatic amines is 1. The predicted octanol–water partition coefficient (Wildman–Crippen LogP) is 5.50. The van der Waals surface area contributed by atoms with Crippen LogP contribution in [0.4, 0.5) is 0 Å². The van der Waals surface area contributed by atoms with E-state index in [1.807, 2.05) is 66.7 Å². The van der Waals surface area contributed by atoms with Gasteiger partial charge in [0, 0.05) is 27.6 Å². The van der Waals surface area contributed by atoms with E-state index in [-0.39, 0.29) is 11.9 Å². The first-order chi connectivity index (χ1) is 16.6. The number of nitrogens with one attached hydrogen (secondary N) is 1. The van der Waals surface area contributed by atoms with Gasteiger partial charge < -0.3 is 0 Å². The Kier molecular flexibility index (Phi) is 6.82. The SMILES string of the molecule is CCc1ccc(-c2[nH]nc3nc(-c4ccc(C(=O)c5ccccc5)cc4)ccc23)cc1.O=C=O. The lowest BCUT2D eigenvalue weighted by molar-refractivity contribution is -0.191. The normalized spacial score (nSPS) is 10.3. The highest BCUT2D eigenvalue weighted by atomic mass is 16.2. The first-order valence-electron chi connectivity index (χ1n) is 10.8. The van der Waals surface area contributed by atoms with Gasteiger partial charge in [-0.25, -0.2) is 4.98 Å². The van der Waals surface area contributed by atoms with Crippen molar-refractivity contribution in [1.82, 2.24) is 15.2 Å². The largest absolute Gasteiger partial charge is 0.373 e. The van der Waals surface area contributed by atoms with E-state index in [0.717, 1.165) is 34.3 Å². The van der Waals surface area contributed by atoms with E-state index in [1.54, 1.807) is 0 Å². The van der Waals surface area contributed by atoms with Crippen molar-refractivity contribution < 1.29 is 14.4 Å². The van der Waals surface area contributed by atoms with Crippen molar-refractivity contribution in [2.75, 3.05) is 0 Å². The number of carbonyl (C=O) groups excluding carboxylic acids is 3. The number of pyridine rings is 1. The minimum absolute atomic E-state index is 0.0154. The number of H-pyrrole nitrogens is 1. The van der Waals surface area contributed by atoms with Gasteiger partial charge in [0.25, 0.3) is 0 Å². The lowest BCUT2D eigenvalue weighted by Gasteiger charge is -2.05. The molecule has 0 saturated carbocycles. The van der Waals surface area contributed by atoms with Crippen molar-refractivity contribution in [2.24, 2.45) is 0 Å². The molecular formula is C28H21N3O3. The first kappa shape index (κ1) is 22.5. The van der Waals surface area contributed by atoms with Gasteiger partial charge in [0.2, 0.25) is 0 Å². The van der Waals surface area contributed by atoms with E-state index in [9.17, 15) is 4.79 Å². The van der Waals surface area contributed by atoms with Crippen molar-refractivity contribution in [1.29, 1.82) is 0 Å². The molecule has 34 heavy (non-hydrogen) atoms. The van der Waals surface area contributed by atoms with Crippen molar-refractivity contribution in [3.63, 3.8) is 0 Å². The van der Waals surface area contributed by atoms with Gasteiger partial charge >= 0.3 is 6.15 Å². The van der Waals surface area contributed by atoms with Gasteiger partial charge in [-0.05, 0) is 24.1 Å². The van der Waals surface area contributed by atoms with Crippen LogP contribution >= 0.6 is 0 Å². The van der Waals surface area contributed by atoms with E-state index in [1.165, 1.54) is 5.56 Å². The summed E-state index contributed by atoms with van der Waals surface area (Å²) in [4.78, 5) is 33.6. The molecule has 1 N–H and O–H groups in total. The molecule has 0 atom stereocenters. The molecule has 3 aromatic carbocycles. The van der Waals surface area contributed by atoms with Gasteiger partial charge in [0.1, 0.15) is 0 Å². The number of nitrogens with zero attached hydrogens (tertiary/aromatic N) is 2. The quantitative estimate of drug-likeness (QED) is 0.359. The number of rotatable bonds is 5. The molecule has 5 aromatic rings. The Morgan fingerprint density at radius 3 is 2.06 bits per heavy atom. The molecule has 0 radical (unpaired) electrons. The van der Waals surface area contributed by atoms with Crippen LogP contribution in [0.2, 0.25) is 0 Å². The minimum Gasteiger partial charge on any atom is -0.289 e. The summed E-state index contributed by atoms with van der Waals surface area (Å²) in [7, 11) is 0. The van der Waals surface area contributed by atoms with Crippen LogP contribution in [0.3, 0.4) is 0 Å². The molecule has 0 unspecified atom stereocenters. The second-order valence-corrected chi connectivity index (χ2v) is 7.57. The van der Waals surface area contributed by atoms with Crippen LogP contribution in [-0.4, -0.2) is 27.1 Å². The molecule has 5 rings (SSSR count). The Morgan fingerprint density at radius 2 is 1.41 bits per heavy atom. The third-order valence-electron chi connectivity index (χ3n) is 5.55. The smallest absolute Gasteiger partial charge is 0.289 e. The van der Waals surface area contributed by atoms with Crippen molar-refractivity contribution >= 4 is 23.0 Å². The van der Waals surface area contributed by atoms with E-state index >= 15 is 0 Å². The van der Waals surface area contributed by atoms with Crippen LogP contribution in [0.5, 0.6) is 0 Å². The van der Waals surface area contributed by atoms with E-state index in [0.29, 0.717) is 16.8 Å². The zero-order valence-electron chi connectivity index (χ0n) is 18.5. The number of aryl methyl sites for hydroxylation is 1. The lowest BCUT2D eigenvalue weighted by atomic mass is 10.0. The third kappa shape index (κ3) is 4.72. The van der Waals surface area contributed by atoms with Crippen LogP contribution in [0, 0.1) is 0 Å². The van der Waals surface area contributed by atoms with E-state index in [4.69, 9.17) is 14.6 Å². The highest BCUT2D eigenvalue weighted by Crippen LogP contribution is 2.28. The summed E-state index contributed by atoms with van der Waals surface area (Å²) in [6.45, 7) is 2.15. The number of hydrogen-bond donors (Lipinski definition) is 1. The van der Waals surface area contributed by atoms with Gasteiger partial charge in [0.05, 0.1) is 11.4 Å². The maximum absolute atomic E-state index is 12.6. The monoisotopic (exact) mass is 447 g/mol. The summed E-state index contributed by atoms with van der Waals surface area (Å²) in [6.07, 6.45) is 1.27. The molecule has 2 heterocycles. The molecular weight excluding hydrogens is 426 g/mol. The van der Waals surface area contributed by atoms with E-state index < -0.39 is 0 Å². The van der Waals surface area contributed by atoms with Crippen LogP contribution in [0.25, 0.3) is 33.5 Å². The number of aromatic nitrogens is 3. The number of carbonyl (C=O) groups is 1. The topological polar surface area (TPSA) is 92.8 Å². The number of hydrogen-bond acceptors (Lipinski definition) is 5. The second-order valence-electron chi connectivity index (χ2n) is 7.57. The number of fused-ring (bicyclic) bond motifs is 1. The molecule has 0 amide bonds. The number of ketones is 1. The maximum Gasteiger partial charge on any atom is 0.373 e. The van der Waals surface area contributed by atoms with Gasteiger partial charge in [-0.2, -0.15) is 14.7 Å². The molecule has 6 nitrogen and oxygen atoms in total. The molecule has 0 bridgehead atoms. The molecule has 166 valence electrons. The summed E-state index contributed by atoms with van der Waals surface area (Å²) in [6, 6.07) is 29.4. The highest BCUT2D eigenvalue weighted by molar-refractivity contribution is 6.09. The Morgan fingerprint density at radius 1 is 0.794 bits per heavy atom. The summed E-state index contributed by atoms with van der Waals surface area (Å²) in [5, 5.41) is 8.54. The van der Waals surface area contributed by atoms with Gasteiger partial charge in [-0.3, -0.25) is 9.89 Å². The molecule has 0 aliphatic carbocycles. The molecule has 0 aliphatic heterocycles. The summed E-state index contributed by atoms with van der Waals surface area (Å²) < 4.78 is 0.